The first kappa shape index (κ1) is 41.6. The fraction of sp³-hybridized carbons (Fsp3) is 0.529. The maximum Gasteiger partial charge on any atom is 0.223 e. The van der Waals surface area contributed by atoms with Crippen LogP contribution in [-0.2, 0) is 22.4 Å². The number of aldehydes is 1. The Morgan fingerprint density at radius 1 is 1.12 bits per heavy atom. The molecule has 2 aromatic rings. The van der Waals surface area contributed by atoms with Crippen LogP contribution < -0.4 is 16.4 Å². The molecule has 42 heavy (non-hydrogen) atoms. The molecule has 0 bridgehead atoms. The molecule has 0 heterocycles. The van der Waals surface area contributed by atoms with Crippen LogP contribution in [0.25, 0.3) is 11.1 Å². The zero-order valence-corrected chi connectivity index (χ0v) is 27.7. The van der Waals surface area contributed by atoms with E-state index < -0.39 is 0 Å². The molecule has 0 spiro atoms. The molecule has 5 nitrogen and oxygen atoms in total. The Morgan fingerprint density at radius 2 is 1.76 bits per heavy atom. The summed E-state index contributed by atoms with van der Waals surface area (Å²) in [7, 11) is 1.87. The summed E-state index contributed by atoms with van der Waals surface area (Å²) < 4.78 is 26.0. The molecule has 1 amide bonds. The van der Waals surface area contributed by atoms with E-state index in [0.717, 1.165) is 35.0 Å². The summed E-state index contributed by atoms with van der Waals surface area (Å²) in [6.45, 7) is 16.1. The molecule has 0 fully saturated rings. The molecule has 0 aliphatic rings. The third kappa shape index (κ3) is 17.4. The lowest BCUT2D eigenvalue weighted by Crippen LogP contribution is -2.37. The predicted molar refractivity (Wildman–Crippen MR) is 179 cm³/mol. The molecule has 2 rings (SSSR count). The molecule has 0 saturated heterocycles. The van der Waals surface area contributed by atoms with E-state index in [2.05, 4.69) is 29.8 Å². The van der Waals surface area contributed by atoms with Gasteiger partial charge in [0, 0.05) is 36.7 Å². The minimum Gasteiger partial charge on any atom is -0.355 e. The molecule has 3 atom stereocenters. The summed E-state index contributed by atoms with van der Waals surface area (Å²) in [6, 6.07) is 13.1. The van der Waals surface area contributed by atoms with Crippen LogP contribution in [0.5, 0.6) is 0 Å². The number of hydrogen-bond donors (Lipinski definition) is 4. The third-order valence-corrected chi connectivity index (χ3v) is 6.58. The summed E-state index contributed by atoms with van der Waals surface area (Å²) >= 11 is 4.25. The SMILES string of the molecule is C=C(C)[C@H](CCCF)NC.CC.CC.CC(Cc1cc(-c2cccc(CCC=O)c2)ccc1F)C(=O)NCC(S)CN. The molecule has 0 aliphatic carbocycles. The third-order valence-electron chi connectivity index (χ3n) is 6.18. The molecular weight excluding hydrogens is 552 g/mol. The summed E-state index contributed by atoms with van der Waals surface area (Å²) in [5, 5.41) is 5.78. The zero-order chi connectivity index (χ0) is 32.5. The van der Waals surface area contributed by atoms with Gasteiger partial charge in [0.05, 0.1) is 6.67 Å². The minimum atomic E-state index is -0.373. The Bertz CT molecular complexity index is 1020. The van der Waals surface area contributed by atoms with Gasteiger partial charge in [-0.1, -0.05) is 77.1 Å². The lowest BCUT2D eigenvalue weighted by molar-refractivity contribution is -0.124. The van der Waals surface area contributed by atoms with Crippen LogP contribution in [0.15, 0.2) is 54.6 Å². The molecule has 0 aromatic heterocycles. The number of aryl methyl sites for hydroxylation is 1. The average molecular weight is 608 g/mol. The number of carbonyl (C=O) groups is 2. The number of benzene rings is 2. The van der Waals surface area contributed by atoms with Crippen LogP contribution in [0.3, 0.4) is 0 Å². The lowest BCUT2D eigenvalue weighted by atomic mass is 9.95. The van der Waals surface area contributed by atoms with Gasteiger partial charge in [0.2, 0.25) is 5.91 Å². The second-order valence-electron chi connectivity index (χ2n) is 9.47. The van der Waals surface area contributed by atoms with Crippen LogP contribution in [0.2, 0.25) is 0 Å². The highest BCUT2D eigenvalue weighted by Crippen LogP contribution is 2.25. The summed E-state index contributed by atoms with van der Waals surface area (Å²) in [5.74, 6) is -0.843. The van der Waals surface area contributed by atoms with Crippen molar-refractivity contribution in [2.24, 2.45) is 11.7 Å². The Morgan fingerprint density at radius 3 is 2.31 bits per heavy atom. The van der Waals surface area contributed by atoms with Gasteiger partial charge in [-0.2, -0.15) is 12.6 Å². The first-order valence-corrected chi connectivity index (χ1v) is 15.5. The molecule has 0 aliphatic heterocycles. The van der Waals surface area contributed by atoms with Gasteiger partial charge >= 0.3 is 0 Å². The van der Waals surface area contributed by atoms with Gasteiger partial charge in [0.1, 0.15) is 12.1 Å². The number of nitrogens with one attached hydrogen (secondary N) is 2. The standard InChI is InChI=1S/C22H27FN2O2S.C8H16FN.2C2H6/c1-15(22(27)25-14-20(28)13-24)10-19-12-18(7-8-21(19)23)17-6-2-4-16(11-17)5-3-9-26;1-7(2)8(10-3)5-4-6-9;2*1-2/h2,4,6-9,11-12,15,20,28H,3,5,10,13-14,24H2,1H3,(H,25,27);8,10H,1,4-6H2,2-3H3;2*1-2H3/t;8-;;/m.0../s1. The lowest BCUT2D eigenvalue weighted by Gasteiger charge is -2.15. The Balaban J connectivity index is 0. The predicted octanol–water partition coefficient (Wildman–Crippen LogP) is 7.13. The molecule has 0 saturated carbocycles. The second kappa shape index (κ2) is 26.1. The van der Waals surface area contributed by atoms with Gasteiger partial charge in [0.25, 0.3) is 0 Å². The summed E-state index contributed by atoms with van der Waals surface area (Å²) in [4.78, 5) is 22.8. The van der Waals surface area contributed by atoms with Gasteiger partial charge in [-0.15, -0.1) is 0 Å². The van der Waals surface area contributed by atoms with Gasteiger partial charge < -0.3 is 21.2 Å². The molecule has 0 radical (unpaired) electrons. The van der Waals surface area contributed by atoms with Crippen LogP contribution in [0.4, 0.5) is 8.78 Å². The fourth-order valence-corrected chi connectivity index (χ4v) is 3.95. The number of likely N-dealkylation sites (N-methyl/N-ethyl adjacent to an activating group) is 1. The van der Waals surface area contributed by atoms with Crippen molar-refractivity contribution >= 4 is 24.8 Å². The highest BCUT2D eigenvalue weighted by molar-refractivity contribution is 7.81. The topological polar surface area (TPSA) is 84.2 Å². The average Bonchev–Trinajstić information content (AvgIpc) is 3.02. The van der Waals surface area contributed by atoms with E-state index in [1.807, 2.05) is 65.9 Å². The Hall–Kier alpha value is -2.55. The van der Waals surface area contributed by atoms with Crippen molar-refractivity contribution in [2.45, 2.75) is 84.9 Å². The first-order valence-electron chi connectivity index (χ1n) is 15.0. The minimum absolute atomic E-state index is 0.0947. The molecule has 2 unspecified atom stereocenters. The molecule has 4 N–H and O–H groups in total. The summed E-state index contributed by atoms with van der Waals surface area (Å²) in [6.07, 6.45) is 3.83. The van der Waals surface area contributed by atoms with Gasteiger partial charge in [0.15, 0.2) is 0 Å². The smallest absolute Gasteiger partial charge is 0.223 e. The van der Waals surface area contributed by atoms with E-state index in [4.69, 9.17) is 5.73 Å². The van der Waals surface area contributed by atoms with Crippen molar-refractivity contribution < 1.29 is 18.4 Å². The van der Waals surface area contributed by atoms with E-state index in [1.165, 1.54) is 6.07 Å². The van der Waals surface area contributed by atoms with Gasteiger partial charge in [-0.25, -0.2) is 4.39 Å². The van der Waals surface area contributed by atoms with Crippen molar-refractivity contribution in [2.75, 3.05) is 26.8 Å². The molecule has 238 valence electrons. The number of nitrogens with two attached hydrogens (primary N) is 1. The molecular formula is C34H55F2N3O2S. The number of hydrogen-bond acceptors (Lipinski definition) is 5. The van der Waals surface area contributed by atoms with Gasteiger partial charge in [-0.05, 0) is 74.0 Å². The van der Waals surface area contributed by atoms with Crippen molar-refractivity contribution in [1.29, 1.82) is 0 Å². The molecule has 8 heteroatoms. The fourth-order valence-electron chi connectivity index (χ4n) is 3.86. The number of carbonyl (C=O) groups excluding carboxylic acids is 2. The van der Waals surface area contributed by atoms with Crippen molar-refractivity contribution in [1.82, 2.24) is 10.6 Å². The summed E-state index contributed by atoms with van der Waals surface area (Å²) in [5.41, 5.74) is 9.98. The number of rotatable bonds is 15. The van der Waals surface area contributed by atoms with Crippen molar-refractivity contribution in [3.05, 3.63) is 71.6 Å². The van der Waals surface area contributed by atoms with Gasteiger partial charge in [-0.3, -0.25) is 9.18 Å². The van der Waals surface area contributed by atoms with E-state index >= 15 is 0 Å². The van der Waals surface area contributed by atoms with Crippen LogP contribution in [0.1, 0.15) is 71.9 Å². The molecule has 2 aromatic carbocycles. The van der Waals surface area contributed by atoms with Crippen molar-refractivity contribution in [3.8, 4) is 11.1 Å². The van der Waals surface area contributed by atoms with Crippen molar-refractivity contribution in [3.63, 3.8) is 0 Å². The number of thiol groups is 1. The Kier molecular flexibility index (Phi) is 25.8. The van der Waals surface area contributed by atoms with E-state index in [9.17, 15) is 18.4 Å². The maximum absolute atomic E-state index is 14.3. The Labute approximate surface area is 259 Å². The van der Waals surface area contributed by atoms with E-state index in [1.54, 1.807) is 19.1 Å². The van der Waals surface area contributed by atoms with Crippen LogP contribution in [0, 0.1) is 11.7 Å². The largest absolute Gasteiger partial charge is 0.355 e. The second-order valence-corrected chi connectivity index (χ2v) is 10.2. The first-order chi connectivity index (χ1) is 20.2. The zero-order valence-electron chi connectivity index (χ0n) is 26.8. The number of alkyl halides is 1. The van der Waals surface area contributed by atoms with Crippen LogP contribution in [-0.4, -0.2) is 50.3 Å². The monoisotopic (exact) mass is 607 g/mol. The number of amides is 1. The normalized spacial score (nSPS) is 12.1. The highest BCUT2D eigenvalue weighted by Gasteiger charge is 2.17. The quantitative estimate of drug-likeness (QED) is 0.0986. The van der Waals surface area contributed by atoms with E-state index in [-0.39, 0.29) is 35.6 Å². The van der Waals surface area contributed by atoms with E-state index in [0.29, 0.717) is 44.3 Å². The number of halogens is 2. The highest BCUT2D eigenvalue weighted by atomic mass is 32.1. The maximum atomic E-state index is 14.3. The van der Waals surface area contributed by atoms with Crippen LogP contribution >= 0.6 is 12.6 Å².